The molecule has 6 heteroatoms. The highest BCUT2D eigenvalue weighted by Gasteiger charge is 2.28. The smallest absolute Gasteiger partial charge is 0.254 e. The molecule has 1 aromatic rings. The van der Waals surface area contributed by atoms with Crippen molar-refractivity contribution in [2.45, 2.75) is 39.5 Å². The Balaban J connectivity index is 1.96. The summed E-state index contributed by atoms with van der Waals surface area (Å²) < 4.78 is 10.5. The van der Waals surface area contributed by atoms with Crippen LogP contribution < -0.4 is 9.47 Å². The van der Waals surface area contributed by atoms with E-state index in [4.69, 9.17) is 9.47 Å². The SMILES string of the molecule is CCCCC(CC)C(=O)N1CCN(C(=O)c2ccc(OC)c(OC)c2)CC1. The van der Waals surface area contributed by atoms with Crippen LogP contribution in [-0.4, -0.2) is 62.0 Å². The second kappa shape index (κ2) is 10.2. The highest BCUT2D eigenvalue weighted by Crippen LogP contribution is 2.28. The Labute approximate surface area is 162 Å². The molecule has 27 heavy (non-hydrogen) atoms. The summed E-state index contributed by atoms with van der Waals surface area (Å²) >= 11 is 0. The Morgan fingerprint density at radius 3 is 2.19 bits per heavy atom. The van der Waals surface area contributed by atoms with Gasteiger partial charge in [0.2, 0.25) is 5.91 Å². The number of unbranched alkanes of at least 4 members (excludes halogenated alkanes) is 1. The normalized spacial score (nSPS) is 15.4. The van der Waals surface area contributed by atoms with Crippen LogP contribution in [0.5, 0.6) is 11.5 Å². The molecule has 0 bridgehead atoms. The van der Waals surface area contributed by atoms with Crippen LogP contribution in [0.4, 0.5) is 0 Å². The van der Waals surface area contributed by atoms with Gasteiger partial charge in [-0.25, -0.2) is 0 Å². The van der Waals surface area contributed by atoms with Gasteiger partial charge in [-0.1, -0.05) is 26.7 Å². The lowest BCUT2D eigenvalue weighted by atomic mass is 9.97. The van der Waals surface area contributed by atoms with Crippen LogP contribution in [0.15, 0.2) is 18.2 Å². The summed E-state index contributed by atoms with van der Waals surface area (Å²) in [5.41, 5.74) is 0.571. The van der Waals surface area contributed by atoms with Gasteiger partial charge < -0.3 is 19.3 Å². The van der Waals surface area contributed by atoms with Gasteiger partial charge in [-0.3, -0.25) is 9.59 Å². The first-order chi connectivity index (χ1) is 13.0. The predicted molar refractivity (Wildman–Crippen MR) is 105 cm³/mol. The van der Waals surface area contributed by atoms with Crippen molar-refractivity contribution in [1.82, 2.24) is 9.80 Å². The second-order valence-corrected chi connectivity index (χ2v) is 6.93. The summed E-state index contributed by atoms with van der Waals surface area (Å²) in [6.45, 7) is 6.54. The van der Waals surface area contributed by atoms with Crippen LogP contribution in [0, 0.1) is 5.92 Å². The van der Waals surface area contributed by atoms with Crippen molar-refractivity contribution >= 4 is 11.8 Å². The molecular weight excluding hydrogens is 344 g/mol. The molecule has 0 radical (unpaired) electrons. The molecule has 150 valence electrons. The number of hydrogen-bond acceptors (Lipinski definition) is 4. The fourth-order valence-electron chi connectivity index (χ4n) is 3.49. The van der Waals surface area contributed by atoms with Gasteiger partial charge >= 0.3 is 0 Å². The number of nitrogens with zero attached hydrogens (tertiary/aromatic N) is 2. The maximum absolute atomic E-state index is 12.8. The molecule has 1 aromatic carbocycles. The first kappa shape index (κ1) is 21.1. The van der Waals surface area contributed by atoms with E-state index in [-0.39, 0.29) is 17.7 Å². The maximum Gasteiger partial charge on any atom is 0.254 e. The van der Waals surface area contributed by atoms with E-state index in [0.717, 1.165) is 25.7 Å². The molecule has 1 heterocycles. The highest BCUT2D eigenvalue weighted by atomic mass is 16.5. The van der Waals surface area contributed by atoms with E-state index in [1.165, 1.54) is 0 Å². The van der Waals surface area contributed by atoms with Gasteiger partial charge in [0.1, 0.15) is 0 Å². The van der Waals surface area contributed by atoms with E-state index in [2.05, 4.69) is 13.8 Å². The first-order valence-electron chi connectivity index (χ1n) is 9.85. The number of rotatable bonds is 8. The molecular formula is C21H32N2O4. The highest BCUT2D eigenvalue weighted by molar-refractivity contribution is 5.95. The number of piperazine rings is 1. The number of hydrogen-bond donors (Lipinski definition) is 0. The van der Waals surface area contributed by atoms with Crippen LogP contribution in [0.2, 0.25) is 0 Å². The molecule has 1 aliphatic heterocycles. The third kappa shape index (κ3) is 5.15. The Morgan fingerprint density at radius 1 is 1.00 bits per heavy atom. The minimum absolute atomic E-state index is 0.0407. The molecule has 2 rings (SSSR count). The molecule has 1 unspecified atom stereocenters. The number of carbonyl (C=O) groups is 2. The number of benzene rings is 1. The van der Waals surface area contributed by atoms with Gasteiger partial charge in [-0.05, 0) is 31.0 Å². The Morgan fingerprint density at radius 2 is 1.63 bits per heavy atom. The lowest BCUT2D eigenvalue weighted by Crippen LogP contribution is -2.52. The number of methoxy groups -OCH3 is 2. The van der Waals surface area contributed by atoms with Crippen LogP contribution >= 0.6 is 0 Å². The van der Waals surface area contributed by atoms with Crippen molar-refractivity contribution in [2.24, 2.45) is 5.92 Å². The van der Waals surface area contributed by atoms with Gasteiger partial charge in [0.15, 0.2) is 11.5 Å². The predicted octanol–water partition coefficient (Wildman–Crippen LogP) is 3.20. The zero-order valence-electron chi connectivity index (χ0n) is 17.0. The van der Waals surface area contributed by atoms with Crippen molar-refractivity contribution < 1.29 is 19.1 Å². The van der Waals surface area contributed by atoms with Gasteiger partial charge in [-0.15, -0.1) is 0 Å². The van der Waals surface area contributed by atoms with E-state index in [9.17, 15) is 9.59 Å². The summed E-state index contributed by atoms with van der Waals surface area (Å²) in [4.78, 5) is 29.3. The summed E-state index contributed by atoms with van der Waals surface area (Å²) in [5.74, 6) is 1.45. The van der Waals surface area contributed by atoms with Crippen molar-refractivity contribution in [3.63, 3.8) is 0 Å². The van der Waals surface area contributed by atoms with Crippen LogP contribution in [0.1, 0.15) is 49.9 Å². The molecule has 0 aromatic heterocycles. The van der Waals surface area contributed by atoms with Crippen molar-refractivity contribution in [3.8, 4) is 11.5 Å². The van der Waals surface area contributed by atoms with Gasteiger partial charge in [0.05, 0.1) is 14.2 Å². The van der Waals surface area contributed by atoms with Crippen LogP contribution in [0.3, 0.4) is 0 Å². The lowest BCUT2D eigenvalue weighted by Gasteiger charge is -2.36. The molecule has 6 nitrogen and oxygen atoms in total. The van der Waals surface area contributed by atoms with E-state index in [0.29, 0.717) is 43.2 Å². The minimum atomic E-state index is -0.0407. The summed E-state index contributed by atoms with van der Waals surface area (Å²) in [5, 5.41) is 0. The lowest BCUT2D eigenvalue weighted by molar-refractivity contribution is -0.137. The topological polar surface area (TPSA) is 59.1 Å². The molecule has 1 aliphatic rings. The quantitative estimate of drug-likeness (QED) is 0.699. The van der Waals surface area contributed by atoms with Crippen LogP contribution in [-0.2, 0) is 4.79 Å². The Bertz CT molecular complexity index is 639. The number of ether oxygens (including phenoxy) is 2. The zero-order chi connectivity index (χ0) is 19.8. The second-order valence-electron chi connectivity index (χ2n) is 6.93. The summed E-state index contributed by atoms with van der Waals surface area (Å²) in [6.07, 6.45) is 4.03. The molecule has 0 spiro atoms. The van der Waals surface area contributed by atoms with Crippen molar-refractivity contribution in [1.29, 1.82) is 0 Å². The number of amides is 2. The molecule has 1 atom stereocenters. The fourth-order valence-corrected chi connectivity index (χ4v) is 3.49. The van der Waals surface area contributed by atoms with Crippen molar-refractivity contribution in [2.75, 3.05) is 40.4 Å². The third-order valence-electron chi connectivity index (χ3n) is 5.26. The molecule has 0 saturated carbocycles. The fraction of sp³-hybridized carbons (Fsp3) is 0.619. The average molecular weight is 376 g/mol. The standard InChI is InChI=1S/C21H32N2O4/c1-5-7-8-16(6-2)20(24)22-11-13-23(14-12-22)21(25)17-9-10-18(26-3)19(15-17)27-4/h9-10,15-16H,5-8,11-14H2,1-4H3. The van der Waals surface area contributed by atoms with Gasteiger partial charge in [0, 0.05) is 37.7 Å². The molecule has 1 fully saturated rings. The summed E-state index contributed by atoms with van der Waals surface area (Å²) in [6, 6.07) is 5.20. The third-order valence-corrected chi connectivity index (χ3v) is 5.26. The van der Waals surface area contributed by atoms with Crippen molar-refractivity contribution in [3.05, 3.63) is 23.8 Å². The van der Waals surface area contributed by atoms with E-state index in [1.807, 2.05) is 4.90 Å². The van der Waals surface area contributed by atoms with Crippen LogP contribution in [0.25, 0.3) is 0 Å². The molecule has 0 aliphatic carbocycles. The average Bonchev–Trinajstić information content (AvgIpc) is 2.73. The minimum Gasteiger partial charge on any atom is -0.493 e. The molecule has 1 saturated heterocycles. The van der Waals surface area contributed by atoms with E-state index < -0.39 is 0 Å². The van der Waals surface area contributed by atoms with Gasteiger partial charge in [-0.2, -0.15) is 0 Å². The number of carbonyl (C=O) groups excluding carboxylic acids is 2. The van der Waals surface area contributed by atoms with E-state index in [1.54, 1.807) is 37.3 Å². The first-order valence-corrected chi connectivity index (χ1v) is 9.85. The maximum atomic E-state index is 12.8. The Kier molecular flexibility index (Phi) is 7.95. The molecule has 0 N–H and O–H groups in total. The monoisotopic (exact) mass is 376 g/mol. The summed E-state index contributed by atoms with van der Waals surface area (Å²) in [7, 11) is 3.12. The Hall–Kier alpha value is -2.24. The van der Waals surface area contributed by atoms with E-state index >= 15 is 0 Å². The molecule has 2 amide bonds. The van der Waals surface area contributed by atoms with Gasteiger partial charge in [0.25, 0.3) is 5.91 Å². The largest absolute Gasteiger partial charge is 0.493 e. The zero-order valence-corrected chi connectivity index (χ0v) is 17.0.